The molecule has 3 heteroatoms. The molecular formula is C11H12N2O. The Morgan fingerprint density at radius 3 is 2.43 bits per heavy atom. The maximum atomic E-state index is 5.03. The summed E-state index contributed by atoms with van der Waals surface area (Å²) >= 11 is 0. The number of hydrogen-bond donors (Lipinski definition) is 0. The fourth-order valence-corrected chi connectivity index (χ4v) is 1.53. The summed E-state index contributed by atoms with van der Waals surface area (Å²) in [5, 5.41) is 3.76. The van der Waals surface area contributed by atoms with Crippen molar-refractivity contribution >= 4 is 0 Å². The highest BCUT2D eigenvalue weighted by Crippen LogP contribution is 2.25. The molecule has 0 saturated carbocycles. The van der Waals surface area contributed by atoms with E-state index in [1.54, 1.807) is 6.20 Å². The van der Waals surface area contributed by atoms with Gasteiger partial charge in [0, 0.05) is 22.5 Å². The van der Waals surface area contributed by atoms with Gasteiger partial charge in [-0.15, -0.1) is 0 Å². The Bertz CT molecular complexity index is 460. The topological polar surface area (TPSA) is 38.9 Å². The molecule has 0 aliphatic heterocycles. The first-order chi connectivity index (χ1) is 6.68. The molecule has 0 atom stereocenters. The first-order valence-corrected chi connectivity index (χ1v) is 4.54. The van der Waals surface area contributed by atoms with Gasteiger partial charge in [0.25, 0.3) is 0 Å². The average molecular weight is 188 g/mol. The third-order valence-corrected chi connectivity index (χ3v) is 2.27. The molecule has 2 heterocycles. The molecule has 0 aliphatic rings. The number of rotatable bonds is 1. The van der Waals surface area contributed by atoms with E-state index in [0.29, 0.717) is 0 Å². The van der Waals surface area contributed by atoms with Crippen molar-refractivity contribution in [2.75, 3.05) is 0 Å². The van der Waals surface area contributed by atoms with Gasteiger partial charge in [-0.1, -0.05) is 11.2 Å². The Kier molecular flexibility index (Phi) is 2.08. The molecule has 0 saturated heterocycles. The zero-order valence-electron chi connectivity index (χ0n) is 8.53. The Morgan fingerprint density at radius 2 is 1.86 bits per heavy atom. The number of aryl methyl sites for hydroxylation is 3. The summed E-state index contributed by atoms with van der Waals surface area (Å²) in [7, 11) is 0. The maximum absolute atomic E-state index is 5.03. The first kappa shape index (κ1) is 8.94. The minimum absolute atomic E-state index is 0.832. The summed E-state index contributed by atoms with van der Waals surface area (Å²) in [4.78, 5) is 4.40. The van der Waals surface area contributed by atoms with Crippen molar-refractivity contribution in [1.29, 1.82) is 0 Å². The highest BCUT2D eigenvalue weighted by Gasteiger charge is 2.09. The second-order valence-electron chi connectivity index (χ2n) is 3.38. The van der Waals surface area contributed by atoms with Crippen LogP contribution in [0.15, 0.2) is 22.9 Å². The molecule has 0 bridgehead atoms. The van der Waals surface area contributed by atoms with Gasteiger partial charge >= 0.3 is 0 Å². The molecule has 0 N–H and O–H groups in total. The van der Waals surface area contributed by atoms with Crippen LogP contribution in [-0.4, -0.2) is 10.1 Å². The minimum atomic E-state index is 0.832. The summed E-state index contributed by atoms with van der Waals surface area (Å²) in [5.41, 5.74) is 4.15. The standard InChI is InChI=1S/C11H12N2O/c1-7-4-5-10(8(2)13-7)11-6-12-14-9(11)3/h4-6H,1-3H3. The van der Waals surface area contributed by atoms with Gasteiger partial charge in [0.1, 0.15) is 5.76 Å². The third kappa shape index (κ3) is 1.41. The SMILES string of the molecule is Cc1ccc(-c2cnoc2C)c(C)n1. The van der Waals surface area contributed by atoms with Crippen LogP contribution in [0.25, 0.3) is 11.1 Å². The van der Waals surface area contributed by atoms with Gasteiger partial charge in [-0.3, -0.25) is 4.98 Å². The molecule has 0 fully saturated rings. The Hall–Kier alpha value is -1.64. The van der Waals surface area contributed by atoms with E-state index in [4.69, 9.17) is 4.52 Å². The first-order valence-electron chi connectivity index (χ1n) is 4.54. The van der Waals surface area contributed by atoms with Crippen molar-refractivity contribution in [3.63, 3.8) is 0 Å². The molecule has 2 rings (SSSR count). The fourth-order valence-electron chi connectivity index (χ4n) is 1.53. The van der Waals surface area contributed by atoms with Gasteiger partial charge in [-0.2, -0.15) is 0 Å². The molecule has 2 aromatic rings. The largest absolute Gasteiger partial charge is 0.361 e. The fraction of sp³-hybridized carbons (Fsp3) is 0.273. The van der Waals surface area contributed by atoms with Crippen molar-refractivity contribution in [2.24, 2.45) is 0 Å². The van der Waals surface area contributed by atoms with Crippen molar-refractivity contribution in [2.45, 2.75) is 20.8 Å². The van der Waals surface area contributed by atoms with Crippen molar-refractivity contribution < 1.29 is 4.52 Å². The lowest BCUT2D eigenvalue weighted by atomic mass is 10.1. The van der Waals surface area contributed by atoms with E-state index >= 15 is 0 Å². The quantitative estimate of drug-likeness (QED) is 0.690. The van der Waals surface area contributed by atoms with Crippen LogP contribution in [-0.2, 0) is 0 Å². The Morgan fingerprint density at radius 1 is 1.07 bits per heavy atom. The summed E-state index contributed by atoms with van der Waals surface area (Å²) in [6.07, 6.45) is 1.73. The van der Waals surface area contributed by atoms with Gasteiger partial charge < -0.3 is 4.52 Å². The van der Waals surface area contributed by atoms with E-state index in [-0.39, 0.29) is 0 Å². The molecule has 2 aromatic heterocycles. The van der Waals surface area contributed by atoms with Crippen molar-refractivity contribution in [1.82, 2.24) is 10.1 Å². The van der Waals surface area contributed by atoms with E-state index in [9.17, 15) is 0 Å². The van der Waals surface area contributed by atoms with E-state index in [1.165, 1.54) is 0 Å². The van der Waals surface area contributed by atoms with Gasteiger partial charge in [-0.25, -0.2) is 0 Å². The maximum Gasteiger partial charge on any atom is 0.141 e. The summed E-state index contributed by atoms with van der Waals surface area (Å²) in [5.74, 6) is 0.832. The Labute approximate surface area is 82.8 Å². The molecule has 0 radical (unpaired) electrons. The van der Waals surface area contributed by atoms with Crippen LogP contribution in [0, 0.1) is 20.8 Å². The normalized spacial score (nSPS) is 10.5. The zero-order chi connectivity index (χ0) is 10.1. The van der Waals surface area contributed by atoms with Crippen LogP contribution in [0.4, 0.5) is 0 Å². The molecule has 72 valence electrons. The van der Waals surface area contributed by atoms with Gasteiger partial charge in [0.05, 0.1) is 6.20 Å². The number of hydrogen-bond acceptors (Lipinski definition) is 3. The smallest absolute Gasteiger partial charge is 0.141 e. The van der Waals surface area contributed by atoms with Crippen molar-refractivity contribution in [3.8, 4) is 11.1 Å². The molecule has 0 aromatic carbocycles. The highest BCUT2D eigenvalue weighted by atomic mass is 16.5. The second kappa shape index (κ2) is 3.25. The second-order valence-corrected chi connectivity index (χ2v) is 3.38. The van der Waals surface area contributed by atoms with Crippen LogP contribution in [0.5, 0.6) is 0 Å². The van der Waals surface area contributed by atoms with Crippen LogP contribution >= 0.6 is 0 Å². The monoisotopic (exact) mass is 188 g/mol. The van der Waals surface area contributed by atoms with Crippen LogP contribution < -0.4 is 0 Å². The molecule has 0 spiro atoms. The van der Waals surface area contributed by atoms with Crippen LogP contribution in [0.3, 0.4) is 0 Å². The molecule has 0 amide bonds. The lowest BCUT2D eigenvalue weighted by Crippen LogP contribution is -1.89. The Balaban J connectivity index is 2.58. The molecule has 0 unspecified atom stereocenters. The van der Waals surface area contributed by atoms with E-state index < -0.39 is 0 Å². The van der Waals surface area contributed by atoms with Gasteiger partial charge in [0.15, 0.2) is 0 Å². The van der Waals surface area contributed by atoms with E-state index in [2.05, 4.69) is 16.2 Å². The number of aromatic nitrogens is 2. The van der Waals surface area contributed by atoms with Crippen LogP contribution in [0.1, 0.15) is 17.1 Å². The summed E-state index contributed by atoms with van der Waals surface area (Å²) in [6, 6.07) is 4.05. The highest BCUT2D eigenvalue weighted by molar-refractivity contribution is 5.66. The zero-order valence-corrected chi connectivity index (χ0v) is 8.53. The van der Waals surface area contributed by atoms with Crippen molar-refractivity contribution in [3.05, 3.63) is 35.5 Å². The molecule has 3 nitrogen and oxygen atoms in total. The van der Waals surface area contributed by atoms with E-state index in [1.807, 2.05) is 26.8 Å². The molecule has 14 heavy (non-hydrogen) atoms. The van der Waals surface area contributed by atoms with Crippen LogP contribution in [0.2, 0.25) is 0 Å². The molecule has 0 aliphatic carbocycles. The minimum Gasteiger partial charge on any atom is -0.361 e. The summed E-state index contributed by atoms with van der Waals surface area (Å²) in [6.45, 7) is 5.88. The van der Waals surface area contributed by atoms with Gasteiger partial charge in [-0.05, 0) is 26.8 Å². The summed E-state index contributed by atoms with van der Waals surface area (Å²) < 4.78 is 5.03. The predicted octanol–water partition coefficient (Wildman–Crippen LogP) is 2.66. The predicted molar refractivity (Wildman–Crippen MR) is 53.9 cm³/mol. The lowest BCUT2D eigenvalue weighted by molar-refractivity contribution is 0.398. The molecular weight excluding hydrogens is 176 g/mol. The number of nitrogens with zero attached hydrogens (tertiary/aromatic N) is 2. The number of pyridine rings is 1. The third-order valence-electron chi connectivity index (χ3n) is 2.27. The average Bonchev–Trinajstić information content (AvgIpc) is 2.52. The van der Waals surface area contributed by atoms with Gasteiger partial charge in [0.2, 0.25) is 0 Å². The van der Waals surface area contributed by atoms with E-state index in [0.717, 1.165) is 28.3 Å². The lowest BCUT2D eigenvalue weighted by Gasteiger charge is -2.03.